The van der Waals surface area contributed by atoms with Crippen molar-refractivity contribution >= 4 is 11.8 Å². The van der Waals surface area contributed by atoms with Crippen molar-refractivity contribution in [1.82, 2.24) is 20.1 Å². The van der Waals surface area contributed by atoms with Crippen LogP contribution in [0, 0.1) is 0 Å². The van der Waals surface area contributed by atoms with Crippen molar-refractivity contribution in [3.05, 3.63) is 30.1 Å². The van der Waals surface area contributed by atoms with Gasteiger partial charge in [0.15, 0.2) is 0 Å². The van der Waals surface area contributed by atoms with Gasteiger partial charge in [0, 0.05) is 44.5 Å². The Bertz CT molecular complexity index is 545. The summed E-state index contributed by atoms with van der Waals surface area (Å²) in [5.41, 5.74) is 1.11. The van der Waals surface area contributed by atoms with E-state index in [2.05, 4.69) is 15.2 Å². The molecule has 1 saturated heterocycles. The molecule has 6 nitrogen and oxygen atoms in total. The molecule has 1 N–H and O–H groups in total. The number of carbonyl (C=O) groups is 2. The Morgan fingerprint density at radius 3 is 2.58 bits per heavy atom. The van der Waals surface area contributed by atoms with Crippen LogP contribution in [0.1, 0.15) is 32.3 Å². The molecule has 1 aromatic rings. The normalized spacial score (nSPS) is 20.8. The van der Waals surface area contributed by atoms with Gasteiger partial charge in [-0.15, -0.1) is 0 Å². The number of carbonyl (C=O) groups excluding carboxylic acids is 2. The molecular weight excluding hydrogens is 304 g/mol. The second-order valence-corrected chi connectivity index (χ2v) is 6.32. The molecule has 1 aliphatic heterocycles. The van der Waals surface area contributed by atoms with Crippen molar-refractivity contribution in [3.8, 4) is 0 Å². The summed E-state index contributed by atoms with van der Waals surface area (Å²) in [6.45, 7) is 6.16. The number of aromatic nitrogens is 1. The summed E-state index contributed by atoms with van der Waals surface area (Å²) >= 11 is 0. The number of hydrogen-bond donors (Lipinski definition) is 1. The Hall–Kier alpha value is -1.95. The summed E-state index contributed by atoms with van der Waals surface area (Å²) in [6, 6.07) is 3.77. The number of likely N-dealkylation sites (N-methyl/N-ethyl adjacent to an activating group) is 2. The minimum atomic E-state index is -0.129. The Labute approximate surface area is 144 Å². The Morgan fingerprint density at radius 2 is 1.96 bits per heavy atom. The maximum atomic E-state index is 12.5. The van der Waals surface area contributed by atoms with Crippen molar-refractivity contribution < 1.29 is 9.59 Å². The average molecular weight is 332 g/mol. The molecule has 2 heterocycles. The van der Waals surface area contributed by atoms with E-state index in [1.807, 2.05) is 37.9 Å². The summed E-state index contributed by atoms with van der Waals surface area (Å²) in [7, 11) is 1.95. The van der Waals surface area contributed by atoms with Crippen molar-refractivity contribution in [2.24, 2.45) is 0 Å². The van der Waals surface area contributed by atoms with Crippen LogP contribution in [0.25, 0.3) is 0 Å². The van der Waals surface area contributed by atoms with E-state index in [0.717, 1.165) is 25.2 Å². The van der Waals surface area contributed by atoms with Crippen LogP contribution in [0.2, 0.25) is 0 Å². The molecule has 1 aromatic heterocycles. The number of rotatable bonds is 7. The molecule has 0 unspecified atom stereocenters. The maximum absolute atomic E-state index is 12.5. The highest BCUT2D eigenvalue weighted by Crippen LogP contribution is 2.18. The first kappa shape index (κ1) is 18.4. The third kappa shape index (κ3) is 4.77. The zero-order valence-electron chi connectivity index (χ0n) is 14.9. The van der Waals surface area contributed by atoms with E-state index in [0.29, 0.717) is 19.3 Å². The zero-order valence-corrected chi connectivity index (χ0v) is 14.9. The Balaban J connectivity index is 1.81. The lowest BCUT2D eigenvalue weighted by Crippen LogP contribution is -2.44. The average Bonchev–Trinajstić information content (AvgIpc) is 2.95. The number of aryl methyl sites for hydroxylation is 1. The molecule has 6 heteroatoms. The Kier molecular flexibility index (Phi) is 6.73. The van der Waals surface area contributed by atoms with Gasteiger partial charge >= 0.3 is 0 Å². The molecule has 132 valence electrons. The summed E-state index contributed by atoms with van der Waals surface area (Å²) in [5, 5.41) is 3.07. The summed E-state index contributed by atoms with van der Waals surface area (Å²) in [4.78, 5) is 32.6. The third-order valence-electron chi connectivity index (χ3n) is 4.66. The monoisotopic (exact) mass is 332 g/mol. The highest BCUT2D eigenvalue weighted by Gasteiger charge is 2.36. The van der Waals surface area contributed by atoms with Gasteiger partial charge in [-0.2, -0.15) is 0 Å². The molecule has 0 saturated carbocycles. The van der Waals surface area contributed by atoms with Crippen LogP contribution in [0.3, 0.4) is 0 Å². The van der Waals surface area contributed by atoms with Gasteiger partial charge in [0.2, 0.25) is 11.8 Å². The molecule has 24 heavy (non-hydrogen) atoms. The largest absolute Gasteiger partial charge is 0.352 e. The topological polar surface area (TPSA) is 65.5 Å². The summed E-state index contributed by atoms with van der Waals surface area (Å²) in [5.74, 6) is 0.206. The molecule has 2 atom stereocenters. The van der Waals surface area contributed by atoms with E-state index in [1.54, 1.807) is 12.4 Å². The second kappa shape index (κ2) is 8.78. The molecule has 0 bridgehead atoms. The number of nitrogens with one attached hydrogen (secondary N) is 1. The van der Waals surface area contributed by atoms with Gasteiger partial charge in [-0.05, 0) is 51.4 Å². The first-order valence-corrected chi connectivity index (χ1v) is 8.72. The molecule has 2 rings (SSSR count). The lowest BCUT2D eigenvalue weighted by atomic mass is 10.1. The van der Waals surface area contributed by atoms with Gasteiger partial charge in [-0.3, -0.25) is 19.5 Å². The summed E-state index contributed by atoms with van der Waals surface area (Å²) in [6.07, 6.45) is 5.33. The van der Waals surface area contributed by atoms with Crippen molar-refractivity contribution in [2.75, 3.05) is 26.7 Å². The first-order valence-electron chi connectivity index (χ1n) is 8.72. The quantitative estimate of drug-likeness (QED) is 0.811. The van der Waals surface area contributed by atoms with Crippen LogP contribution >= 0.6 is 0 Å². The van der Waals surface area contributed by atoms with Gasteiger partial charge in [0.1, 0.15) is 0 Å². The number of pyridine rings is 1. The van der Waals surface area contributed by atoms with Crippen LogP contribution in [-0.4, -0.2) is 65.4 Å². The zero-order chi connectivity index (χ0) is 17.5. The lowest BCUT2D eigenvalue weighted by Gasteiger charge is -2.26. The predicted molar refractivity (Wildman–Crippen MR) is 93.5 cm³/mol. The van der Waals surface area contributed by atoms with Crippen LogP contribution in [0.5, 0.6) is 0 Å². The fourth-order valence-corrected chi connectivity index (χ4v) is 3.25. The minimum Gasteiger partial charge on any atom is -0.352 e. The van der Waals surface area contributed by atoms with E-state index < -0.39 is 0 Å². The van der Waals surface area contributed by atoms with Crippen LogP contribution < -0.4 is 5.32 Å². The van der Waals surface area contributed by atoms with Crippen molar-refractivity contribution in [3.63, 3.8) is 0 Å². The fraction of sp³-hybridized carbons (Fsp3) is 0.611. The predicted octanol–water partition coefficient (Wildman–Crippen LogP) is 1.07. The van der Waals surface area contributed by atoms with Gasteiger partial charge in [-0.1, -0.05) is 0 Å². The van der Waals surface area contributed by atoms with E-state index >= 15 is 0 Å². The van der Waals surface area contributed by atoms with Crippen LogP contribution in [-0.2, 0) is 16.0 Å². The number of amides is 2. The van der Waals surface area contributed by atoms with E-state index in [4.69, 9.17) is 0 Å². The Morgan fingerprint density at radius 1 is 1.29 bits per heavy atom. The van der Waals surface area contributed by atoms with Crippen molar-refractivity contribution in [1.29, 1.82) is 0 Å². The highest BCUT2D eigenvalue weighted by molar-refractivity contribution is 5.82. The molecule has 2 amide bonds. The first-order chi connectivity index (χ1) is 11.5. The van der Waals surface area contributed by atoms with Crippen molar-refractivity contribution in [2.45, 2.75) is 45.2 Å². The van der Waals surface area contributed by atoms with E-state index in [9.17, 15) is 9.59 Å². The van der Waals surface area contributed by atoms with Crippen LogP contribution in [0.4, 0.5) is 0 Å². The fourth-order valence-electron chi connectivity index (χ4n) is 3.25. The number of hydrogen-bond acceptors (Lipinski definition) is 4. The van der Waals surface area contributed by atoms with E-state index in [-0.39, 0.29) is 23.9 Å². The lowest BCUT2D eigenvalue weighted by molar-refractivity contribution is -0.135. The number of likely N-dealkylation sites (tertiary alicyclic amines) is 1. The standard InChI is InChI=1S/C18H28N4O2/c1-4-22(5-2)18(24)16-12-15(13-21(16)3)20-17(23)7-6-14-8-10-19-11-9-14/h8-11,15-16H,4-7,12-13H2,1-3H3,(H,20,23)/t15-,16+/m1/s1. The smallest absolute Gasteiger partial charge is 0.239 e. The molecule has 0 aromatic carbocycles. The van der Waals surface area contributed by atoms with Gasteiger partial charge in [0.05, 0.1) is 6.04 Å². The molecule has 0 spiro atoms. The third-order valence-corrected chi connectivity index (χ3v) is 4.66. The van der Waals surface area contributed by atoms with Crippen LogP contribution in [0.15, 0.2) is 24.5 Å². The van der Waals surface area contributed by atoms with Gasteiger partial charge in [-0.25, -0.2) is 0 Å². The molecule has 0 aliphatic carbocycles. The maximum Gasteiger partial charge on any atom is 0.239 e. The second-order valence-electron chi connectivity index (χ2n) is 6.32. The highest BCUT2D eigenvalue weighted by atomic mass is 16.2. The molecular formula is C18H28N4O2. The number of nitrogens with zero attached hydrogens (tertiary/aromatic N) is 3. The van der Waals surface area contributed by atoms with Gasteiger partial charge < -0.3 is 10.2 Å². The SMILES string of the molecule is CCN(CC)C(=O)[C@@H]1C[C@@H](NC(=O)CCc2ccncc2)CN1C. The molecule has 1 aliphatic rings. The molecule has 0 radical (unpaired) electrons. The van der Waals surface area contributed by atoms with E-state index in [1.165, 1.54) is 0 Å². The summed E-state index contributed by atoms with van der Waals surface area (Å²) < 4.78 is 0. The molecule has 1 fully saturated rings. The van der Waals surface area contributed by atoms with Gasteiger partial charge in [0.25, 0.3) is 0 Å². The minimum absolute atomic E-state index is 0.0427.